The Kier molecular flexibility index (Phi) is 6.67. The van der Waals surface area contributed by atoms with Gasteiger partial charge in [-0.3, -0.25) is 4.79 Å². The summed E-state index contributed by atoms with van der Waals surface area (Å²) in [6.45, 7) is 0. The first kappa shape index (κ1) is 21.0. The Bertz CT molecular complexity index is 978. The fourth-order valence-electron chi connectivity index (χ4n) is 3.02. The van der Waals surface area contributed by atoms with Crippen molar-refractivity contribution in [2.75, 3.05) is 14.2 Å². The number of nitrogens with zero attached hydrogens (tertiary/aromatic N) is 2. The second kappa shape index (κ2) is 9.20. The minimum absolute atomic E-state index is 0.0422. The molecule has 0 bridgehead atoms. The molecule has 0 saturated heterocycles. The summed E-state index contributed by atoms with van der Waals surface area (Å²) in [5, 5.41) is 3.93. The number of nitrogens with one attached hydrogen (secondary N) is 1. The Morgan fingerprint density at radius 3 is 2.28 bits per heavy atom. The molecule has 1 heterocycles. The van der Waals surface area contributed by atoms with E-state index in [9.17, 15) is 4.79 Å². The number of carbonyl (C=O) groups excluding carboxylic acids is 1. The Balaban J connectivity index is 1.95. The maximum Gasteiger partial charge on any atom is 0.225 e. The van der Waals surface area contributed by atoms with E-state index < -0.39 is 6.04 Å². The molecule has 0 aliphatic rings. The summed E-state index contributed by atoms with van der Waals surface area (Å²) in [5.74, 6) is 1.65. The lowest BCUT2D eigenvalue weighted by Gasteiger charge is -2.21. The average Bonchev–Trinajstić information content (AvgIpc) is 3.14. The molecule has 2 aromatic carbocycles. The predicted octanol–water partition coefficient (Wildman–Crippen LogP) is 4.19. The molecule has 0 aliphatic heterocycles. The van der Waals surface area contributed by atoms with Crippen molar-refractivity contribution < 1.29 is 14.3 Å². The van der Waals surface area contributed by atoms with Crippen LogP contribution >= 0.6 is 23.2 Å². The maximum absolute atomic E-state index is 12.9. The van der Waals surface area contributed by atoms with Crippen molar-refractivity contribution in [3.05, 3.63) is 75.8 Å². The minimum Gasteiger partial charge on any atom is -0.497 e. The van der Waals surface area contributed by atoms with Crippen molar-refractivity contribution in [3.63, 3.8) is 0 Å². The Labute approximate surface area is 179 Å². The molecular formula is C21H21Cl2N3O3. The molecule has 1 aromatic heterocycles. The van der Waals surface area contributed by atoms with Gasteiger partial charge >= 0.3 is 0 Å². The summed E-state index contributed by atoms with van der Waals surface area (Å²) in [5.41, 5.74) is 1.35. The third-order valence-corrected chi connectivity index (χ3v) is 5.24. The number of aryl methyl sites for hydroxylation is 1. The molecule has 6 nitrogen and oxygen atoms in total. The number of hydrogen-bond donors (Lipinski definition) is 1. The molecule has 152 valence electrons. The summed E-state index contributed by atoms with van der Waals surface area (Å²) in [6, 6.07) is 10.1. The quantitative estimate of drug-likeness (QED) is 0.606. The monoisotopic (exact) mass is 433 g/mol. The van der Waals surface area contributed by atoms with Crippen LogP contribution in [0.3, 0.4) is 0 Å². The molecule has 1 atom stereocenters. The van der Waals surface area contributed by atoms with Gasteiger partial charge in [0.15, 0.2) is 0 Å². The minimum atomic E-state index is -0.521. The van der Waals surface area contributed by atoms with Crippen LogP contribution in [0.5, 0.6) is 11.5 Å². The Morgan fingerprint density at radius 1 is 1.14 bits per heavy atom. The molecule has 29 heavy (non-hydrogen) atoms. The van der Waals surface area contributed by atoms with Crippen LogP contribution in [0, 0.1) is 0 Å². The van der Waals surface area contributed by atoms with Crippen LogP contribution in [-0.2, 0) is 18.3 Å². The molecule has 0 radical (unpaired) electrons. The highest BCUT2D eigenvalue weighted by Gasteiger charge is 2.23. The number of carbonyl (C=O) groups is 1. The van der Waals surface area contributed by atoms with E-state index in [1.165, 1.54) is 0 Å². The van der Waals surface area contributed by atoms with Gasteiger partial charge in [-0.2, -0.15) is 0 Å². The number of rotatable bonds is 7. The summed E-state index contributed by atoms with van der Waals surface area (Å²) >= 11 is 12.4. The average molecular weight is 434 g/mol. The van der Waals surface area contributed by atoms with Gasteiger partial charge in [0.1, 0.15) is 23.4 Å². The third-order valence-electron chi connectivity index (χ3n) is 4.53. The lowest BCUT2D eigenvalue weighted by atomic mass is 10.0. The van der Waals surface area contributed by atoms with Gasteiger partial charge in [0.25, 0.3) is 0 Å². The van der Waals surface area contributed by atoms with Gasteiger partial charge in [-0.1, -0.05) is 29.3 Å². The SMILES string of the molecule is COc1cc(OC)cc(C(NC(=O)Cc2c(Cl)cccc2Cl)c2nccn2C)c1. The number of amides is 1. The van der Waals surface area contributed by atoms with Crippen molar-refractivity contribution >= 4 is 29.1 Å². The lowest BCUT2D eigenvalue weighted by Crippen LogP contribution is -2.32. The topological polar surface area (TPSA) is 65.4 Å². The standard InChI is InChI=1S/C21H21Cl2N3O3/c1-26-8-7-24-21(26)20(13-9-14(28-2)11-15(10-13)29-3)25-19(27)12-16-17(22)5-4-6-18(16)23/h4-11,20H,12H2,1-3H3,(H,25,27). The highest BCUT2D eigenvalue weighted by Crippen LogP contribution is 2.30. The fraction of sp³-hybridized carbons (Fsp3) is 0.238. The van der Waals surface area contributed by atoms with Gasteiger partial charge in [0.05, 0.1) is 20.6 Å². The number of benzene rings is 2. The van der Waals surface area contributed by atoms with Crippen LogP contribution in [0.2, 0.25) is 10.0 Å². The highest BCUT2D eigenvalue weighted by molar-refractivity contribution is 6.36. The van der Waals surface area contributed by atoms with Crippen molar-refractivity contribution in [1.82, 2.24) is 14.9 Å². The van der Waals surface area contributed by atoms with Crippen LogP contribution in [0.15, 0.2) is 48.8 Å². The van der Waals surface area contributed by atoms with E-state index in [0.717, 1.165) is 5.56 Å². The number of aromatic nitrogens is 2. The first-order valence-electron chi connectivity index (χ1n) is 8.85. The molecule has 3 rings (SSSR count). The summed E-state index contributed by atoms with van der Waals surface area (Å²) in [4.78, 5) is 17.3. The summed E-state index contributed by atoms with van der Waals surface area (Å²) < 4.78 is 12.6. The zero-order valence-electron chi connectivity index (χ0n) is 16.3. The molecule has 1 unspecified atom stereocenters. The van der Waals surface area contributed by atoms with Crippen molar-refractivity contribution in [2.24, 2.45) is 7.05 Å². The first-order valence-corrected chi connectivity index (χ1v) is 9.61. The van der Waals surface area contributed by atoms with Gasteiger partial charge in [0, 0.05) is 35.6 Å². The molecule has 0 aliphatic carbocycles. The highest BCUT2D eigenvalue weighted by atomic mass is 35.5. The smallest absolute Gasteiger partial charge is 0.225 e. The van der Waals surface area contributed by atoms with Crippen molar-refractivity contribution in [1.29, 1.82) is 0 Å². The predicted molar refractivity (Wildman–Crippen MR) is 113 cm³/mol. The van der Waals surface area contributed by atoms with Crippen LogP contribution < -0.4 is 14.8 Å². The number of methoxy groups -OCH3 is 2. The maximum atomic E-state index is 12.9. The second-order valence-electron chi connectivity index (χ2n) is 6.42. The van der Waals surface area contributed by atoms with E-state index >= 15 is 0 Å². The first-order chi connectivity index (χ1) is 13.9. The largest absolute Gasteiger partial charge is 0.497 e. The van der Waals surface area contributed by atoms with Crippen LogP contribution in [0.25, 0.3) is 0 Å². The molecule has 1 N–H and O–H groups in total. The number of halogens is 2. The molecule has 0 spiro atoms. The molecular weight excluding hydrogens is 413 g/mol. The number of ether oxygens (including phenoxy) is 2. The van der Waals surface area contributed by atoms with E-state index in [0.29, 0.717) is 32.9 Å². The van der Waals surface area contributed by atoms with E-state index in [2.05, 4.69) is 10.3 Å². The molecule has 0 fully saturated rings. The normalized spacial score (nSPS) is 11.8. The second-order valence-corrected chi connectivity index (χ2v) is 7.23. The van der Waals surface area contributed by atoms with Crippen molar-refractivity contribution in [3.8, 4) is 11.5 Å². The summed E-state index contributed by atoms with van der Waals surface area (Å²) in [6.07, 6.45) is 3.54. The molecule has 1 amide bonds. The van der Waals surface area contributed by atoms with Crippen molar-refractivity contribution in [2.45, 2.75) is 12.5 Å². The van der Waals surface area contributed by atoms with Gasteiger partial charge in [-0.25, -0.2) is 4.98 Å². The van der Waals surface area contributed by atoms with E-state index in [1.54, 1.807) is 44.7 Å². The van der Waals surface area contributed by atoms with Gasteiger partial charge in [0.2, 0.25) is 5.91 Å². The van der Waals surface area contributed by atoms with E-state index in [4.69, 9.17) is 32.7 Å². The Hall–Kier alpha value is -2.70. The lowest BCUT2D eigenvalue weighted by molar-refractivity contribution is -0.121. The molecule has 0 saturated carbocycles. The number of imidazole rings is 1. The molecule has 3 aromatic rings. The van der Waals surface area contributed by atoms with Gasteiger partial charge < -0.3 is 19.4 Å². The van der Waals surface area contributed by atoms with Crippen LogP contribution in [0.4, 0.5) is 0 Å². The van der Waals surface area contributed by atoms with Crippen LogP contribution in [-0.4, -0.2) is 29.7 Å². The van der Waals surface area contributed by atoms with E-state index in [-0.39, 0.29) is 12.3 Å². The molecule has 8 heteroatoms. The van der Waals surface area contributed by atoms with E-state index in [1.807, 2.05) is 29.9 Å². The zero-order chi connectivity index (χ0) is 21.0. The van der Waals surface area contributed by atoms with Gasteiger partial charge in [-0.15, -0.1) is 0 Å². The van der Waals surface area contributed by atoms with Gasteiger partial charge in [-0.05, 0) is 35.4 Å². The third kappa shape index (κ3) is 4.83. The summed E-state index contributed by atoms with van der Waals surface area (Å²) in [7, 11) is 5.02. The zero-order valence-corrected chi connectivity index (χ0v) is 17.8. The van der Waals surface area contributed by atoms with Crippen LogP contribution in [0.1, 0.15) is 23.0 Å². The number of hydrogen-bond acceptors (Lipinski definition) is 4. The fourth-order valence-corrected chi connectivity index (χ4v) is 3.55. The Morgan fingerprint density at radius 2 is 1.76 bits per heavy atom.